The van der Waals surface area contributed by atoms with Crippen LogP contribution in [0, 0.1) is 0 Å². The predicted molar refractivity (Wildman–Crippen MR) is 81.5 cm³/mol. The van der Waals surface area contributed by atoms with Crippen LogP contribution in [-0.2, 0) is 4.74 Å². The fourth-order valence-corrected chi connectivity index (χ4v) is 2.90. The molecule has 21 heavy (non-hydrogen) atoms. The van der Waals surface area contributed by atoms with E-state index in [2.05, 4.69) is 4.98 Å². The highest BCUT2D eigenvalue weighted by molar-refractivity contribution is 6.29. The Morgan fingerprint density at radius 3 is 2.62 bits per heavy atom. The molecule has 4 nitrogen and oxygen atoms in total. The maximum atomic E-state index is 12.3. The second-order valence-electron chi connectivity index (χ2n) is 5.49. The van der Waals surface area contributed by atoms with Crippen LogP contribution < -0.4 is 4.90 Å². The van der Waals surface area contributed by atoms with Crippen molar-refractivity contribution in [3.8, 4) is 0 Å². The van der Waals surface area contributed by atoms with Crippen LogP contribution >= 0.6 is 11.6 Å². The van der Waals surface area contributed by atoms with Crippen molar-refractivity contribution in [1.29, 1.82) is 0 Å². The summed E-state index contributed by atoms with van der Waals surface area (Å²) in [7, 11) is 0. The van der Waals surface area contributed by atoms with Crippen LogP contribution in [0.5, 0.6) is 0 Å². The molecule has 3 rings (SSSR count). The summed E-state index contributed by atoms with van der Waals surface area (Å²) in [5.41, 5.74) is 1.06. The second kappa shape index (κ2) is 5.04. The van der Waals surface area contributed by atoms with Crippen LogP contribution in [-0.4, -0.2) is 16.7 Å². The molecule has 0 spiro atoms. The fourth-order valence-electron chi connectivity index (χ4n) is 2.73. The van der Waals surface area contributed by atoms with Gasteiger partial charge in [-0.3, -0.25) is 4.90 Å². The van der Waals surface area contributed by atoms with Gasteiger partial charge in [0.25, 0.3) is 0 Å². The molecule has 0 bridgehead atoms. The number of halogens is 1. The fraction of sp³-hybridized carbons (Fsp3) is 0.250. The Kier molecular flexibility index (Phi) is 3.33. The second-order valence-corrected chi connectivity index (χ2v) is 5.88. The van der Waals surface area contributed by atoms with Crippen molar-refractivity contribution in [2.75, 3.05) is 4.90 Å². The minimum atomic E-state index is -0.631. The van der Waals surface area contributed by atoms with Gasteiger partial charge in [-0.25, -0.2) is 9.78 Å². The van der Waals surface area contributed by atoms with Crippen molar-refractivity contribution in [2.24, 2.45) is 0 Å². The highest BCUT2D eigenvalue weighted by Gasteiger charge is 2.49. The third kappa shape index (κ3) is 2.47. The summed E-state index contributed by atoms with van der Waals surface area (Å²) in [5.74, 6) is 0. The largest absolute Gasteiger partial charge is 0.441 e. The Balaban J connectivity index is 2.11. The topological polar surface area (TPSA) is 42.4 Å². The van der Waals surface area contributed by atoms with Gasteiger partial charge in [0.05, 0.1) is 5.69 Å². The molecule has 2 heterocycles. The predicted octanol–water partition coefficient (Wildman–Crippen LogP) is 4.21. The molecule has 108 valence electrons. The normalized spacial score (nSPS) is 20.4. The zero-order chi connectivity index (χ0) is 15.0. The summed E-state index contributed by atoms with van der Waals surface area (Å²) in [4.78, 5) is 17.9. The number of hydrogen-bond donors (Lipinski definition) is 0. The zero-order valence-corrected chi connectivity index (χ0v) is 12.5. The molecular formula is C16H15ClN2O2. The average Bonchev–Trinajstić information content (AvgIpc) is 2.69. The third-order valence-corrected chi connectivity index (χ3v) is 3.77. The molecule has 1 saturated heterocycles. The van der Waals surface area contributed by atoms with Crippen LogP contribution in [0.15, 0.2) is 48.7 Å². The number of carbonyl (C=O) groups is 1. The van der Waals surface area contributed by atoms with Gasteiger partial charge in [0.2, 0.25) is 0 Å². The van der Waals surface area contributed by atoms with Gasteiger partial charge >= 0.3 is 6.09 Å². The molecule has 0 radical (unpaired) electrons. The molecule has 1 fully saturated rings. The van der Waals surface area contributed by atoms with Gasteiger partial charge in [0, 0.05) is 6.20 Å². The lowest BCUT2D eigenvalue weighted by atomic mass is 9.91. The average molecular weight is 303 g/mol. The molecule has 1 aromatic carbocycles. The molecule has 1 unspecified atom stereocenters. The molecule has 1 aliphatic rings. The van der Waals surface area contributed by atoms with E-state index in [1.807, 2.05) is 44.2 Å². The van der Waals surface area contributed by atoms with E-state index in [0.717, 1.165) is 5.56 Å². The lowest BCUT2D eigenvalue weighted by Gasteiger charge is -2.29. The summed E-state index contributed by atoms with van der Waals surface area (Å²) >= 11 is 5.95. The van der Waals surface area contributed by atoms with Crippen molar-refractivity contribution in [3.63, 3.8) is 0 Å². The van der Waals surface area contributed by atoms with E-state index in [0.29, 0.717) is 10.8 Å². The minimum Gasteiger partial charge on any atom is -0.441 e. The lowest BCUT2D eigenvalue weighted by Crippen LogP contribution is -2.33. The van der Waals surface area contributed by atoms with E-state index in [9.17, 15) is 4.79 Å². The monoisotopic (exact) mass is 302 g/mol. The number of pyridine rings is 1. The quantitative estimate of drug-likeness (QED) is 0.780. The summed E-state index contributed by atoms with van der Waals surface area (Å²) in [6.07, 6.45) is 1.20. The Morgan fingerprint density at radius 2 is 1.95 bits per heavy atom. The van der Waals surface area contributed by atoms with E-state index in [-0.39, 0.29) is 12.1 Å². The van der Waals surface area contributed by atoms with Crippen LogP contribution in [0.4, 0.5) is 10.5 Å². The summed E-state index contributed by atoms with van der Waals surface area (Å²) in [5, 5.41) is 0.344. The Labute approximate surface area is 128 Å². The number of amides is 1. The standard InChI is InChI=1S/C16H15ClN2O2/c1-16(2)14(11-6-4-3-5-7-11)19(15(20)21-16)12-8-9-18-13(17)10-12/h3-10,14H,1-2H3. The van der Waals surface area contributed by atoms with Crippen LogP contribution in [0.1, 0.15) is 25.5 Å². The summed E-state index contributed by atoms with van der Waals surface area (Å²) < 4.78 is 5.55. The molecular weight excluding hydrogens is 288 g/mol. The van der Waals surface area contributed by atoms with Gasteiger partial charge in [-0.1, -0.05) is 41.9 Å². The first-order chi connectivity index (χ1) is 9.99. The van der Waals surface area contributed by atoms with Crippen molar-refractivity contribution in [1.82, 2.24) is 4.98 Å². The van der Waals surface area contributed by atoms with E-state index < -0.39 is 5.60 Å². The van der Waals surface area contributed by atoms with Crippen molar-refractivity contribution in [3.05, 3.63) is 59.4 Å². The van der Waals surface area contributed by atoms with Gasteiger partial charge in [-0.15, -0.1) is 0 Å². The van der Waals surface area contributed by atoms with E-state index in [4.69, 9.17) is 16.3 Å². The highest BCUT2D eigenvalue weighted by Crippen LogP contribution is 2.43. The van der Waals surface area contributed by atoms with Crippen LogP contribution in [0.2, 0.25) is 5.15 Å². The van der Waals surface area contributed by atoms with E-state index in [1.54, 1.807) is 23.2 Å². The first-order valence-corrected chi connectivity index (χ1v) is 7.05. The Bertz CT molecular complexity index is 673. The number of rotatable bonds is 2. The smallest absolute Gasteiger partial charge is 0.415 e. The SMILES string of the molecule is CC1(C)OC(=O)N(c2ccnc(Cl)c2)C1c1ccccc1. The van der Waals surface area contributed by atoms with Gasteiger partial charge < -0.3 is 4.74 Å². The molecule has 1 aromatic heterocycles. The van der Waals surface area contributed by atoms with Gasteiger partial charge in [0.15, 0.2) is 0 Å². The number of benzene rings is 1. The van der Waals surface area contributed by atoms with Crippen molar-refractivity contribution in [2.45, 2.75) is 25.5 Å². The number of carbonyl (C=O) groups excluding carboxylic acids is 1. The molecule has 1 atom stereocenters. The highest BCUT2D eigenvalue weighted by atomic mass is 35.5. The number of nitrogens with zero attached hydrogens (tertiary/aromatic N) is 2. The molecule has 1 amide bonds. The number of anilines is 1. The van der Waals surface area contributed by atoms with Crippen molar-refractivity contribution >= 4 is 23.4 Å². The third-order valence-electron chi connectivity index (χ3n) is 3.57. The molecule has 5 heteroatoms. The molecule has 0 saturated carbocycles. The van der Waals surface area contributed by atoms with Gasteiger partial charge in [-0.05, 0) is 31.5 Å². The maximum Gasteiger partial charge on any atom is 0.415 e. The summed E-state index contributed by atoms with van der Waals surface area (Å²) in [6, 6.07) is 13.0. The van der Waals surface area contributed by atoms with Crippen LogP contribution in [0.3, 0.4) is 0 Å². The van der Waals surface area contributed by atoms with E-state index in [1.165, 1.54) is 0 Å². The van der Waals surface area contributed by atoms with Crippen molar-refractivity contribution < 1.29 is 9.53 Å². The Hall–Kier alpha value is -2.07. The molecule has 1 aliphatic heterocycles. The number of aromatic nitrogens is 1. The first-order valence-electron chi connectivity index (χ1n) is 6.68. The molecule has 2 aromatic rings. The Morgan fingerprint density at radius 1 is 1.24 bits per heavy atom. The number of cyclic esters (lactones) is 1. The lowest BCUT2D eigenvalue weighted by molar-refractivity contribution is 0.0685. The number of hydrogen-bond acceptors (Lipinski definition) is 3. The maximum absolute atomic E-state index is 12.3. The first kappa shape index (κ1) is 13.9. The molecule has 0 N–H and O–H groups in total. The van der Waals surface area contributed by atoms with Gasteiger partial charge in [-0.2, -0.15) is 0 Å². The molecule has 0 aliphatic carbocycles. The zero-order valence-electron chi connectivity index (χ0n) is 11.8. The van der Waals surface area contributed by atoms with Crippen LogP contribution in [0.25, 0.3) is 0 Å². The van der Waals surface area contributed by atoms with Gasteiger partial charge in [0.1, 0.15) is 16.8 Å². The summed E-state index contributed by atoms with van der Waals surface area (Å²) in [6.45, 7) is 3.82. The number of ether oxygens (including phenoxy) is 1. The van der Waals surface area contributed by atoms with E-state index >= 15 is 0 Å². The minimum absolute atomic E-state index is 0.218.